The minimum Gasteiger partial charge on any atom is -0.484 e. The number of carbonyl (C=O) groups excluding carboxylic acids is 1. The normalized spacial score (nSPS) is 18.0. The number of benzene rings is 1. The van der Waals surface area contributed by atoms with Crippen molar-refractivity contribution in [3.63, 3.8) is 0 Å². The van der Waals surface area contributed by atoms with Crippen LogP contribution in [-0.2, 0) is 14.3 Å². The van der Waals surface area contributed by atoms with Gasteiger partial charge in [-0.2, -0.15) is 0 Å². The van der Waals surface area contributed by atoms with Crippen LogP contribution in [0.25, 0.3) is 0 Å². The van der Waals surface area contributed by atoms with E-state index in [4.69, 9.17) is 25.8 Å². The maximum Gasteiger partial charge on any atom is 0.257 e. The van der Waals surface area contributed by atoms with E-state index in [0.29, 0.717) is 30.5 Å². The summed E-state index contributed by atoms with van der Waals surface area (Å²) in [6.07, 6.45) is 0.741. The Morgan fingerprint density at radius 1 is 1.36 bits per heavy atom. The van der Waals surface area contributed by atoms with Crippen molar-refractivity contribution in [3.05, 3.63) is 29.3 Å². The number of nitrogens with one attached hydrogen (secondary N) is 1. The van der Waals surface area contributed by atoms with Gasteiger partial charge in [0, 0.05) is 18.0 Å². The number of halogens is 1. The van der Waals surface area contributed by atoms with Crippen LogP contribution < -0.4 is 10.1 Å². The molecule has 1 unspecified atom stereocenters. The van der Waals surface area contributed by atoms with E-state index in [-0.39, 0.29) is 18.4 Å². The van der Waals surface area contributed by atoms with E-state index < -0.39 is 5.79 Å². The maximum absolute atomic E-state index is 11.8. The Balaban J connectivity index is 1.65. The van der Waals surface area contributed by atoms with Crippen LogP contribution in [0.5, 0.6) is 5.75 Å². The number of carbonyl (C=O) groups is 1. The van der Waals surface area contributed by atoms with Crippen LogP contribution in [0.15, 0.2) is 24.3 Å². The molecule has 1 N–H and O–H groups in total. The predicted molar refractivity (Wildman–Crippen MR) is 84.0 cm³/mol. The monoisotopic (exact) mass is 327 g/mol. The lowest BCUT2D eigenvalue weighted by Crippen LogP contribution is -2.36. The average molecular weight is 328 g/mol. The van der Waals surface area contributed by atoms with Gasteiger partial charge in [0.25, 0.3) is 5.91 Å². The fourth-order valence-corrected chi connectivity index (χ4v) is 2.52. The highest BCUT2D eigenvalue weighted by molar-refractivity contribution is 6.30. The fourth-order valence-electron chi connectivity index (χ4n) is 2.40. The Bertz CT molecular complexity index is 485. The molecule has 1 atom stereocenters. The van der Waals surface area contributed by atoms with Crippen LogP contribution in [0.1, 0.15) is 20.3 Å². The van der Waals surface area contributed by atoms with Gasteiger partial charge in [-0.1, -0.05) is 18.5 Å². The quantitative estimate of drug-likeness (QED) is 0.836. The summed E-state index contributed by atoms with van der Waals surface area (Å²) in [6, 6.07) is 6.90. The van der Waals surface area contributed by atoms with Crippen LogP contribution in [-0.4, -0.2) is 38.1 Å². The summed E-state index contributed by atoms with van der Waals surface area (Å²) >= 11 is 5.78. The first-order valence-electron chi connectivity index (χ1n) is 7.40. The van der Waals surface area contributed by atoms with Crippen molar-refractivity contribution in [1.29, 1.82) is 0 Å². The molecule has 1 aromatic rings. The number of hydrogen-bond donors (Lipinski definition) is 1. The molecular weight excluding hydrogens is 306 g/mol. The zero-order valence-corrected chi connectivity index (χ0v) is 13.7. The molecule has 1 aliphatic heterocycles. The Hall–Kier alpha value is -1.30. The Morgan fingerprint density at radius 2 is 2.00 bits per heavy atom. The Labute approximate surface area is 135 Å². The molecule has 5 nitrogen and oxygen atoms in total. The second-order valence-electron chi connectivity index (χ2n) is 5.69. The largest absolute Gasteiger partial charge is 0.484 e. The van der Waals surface area contributed by atoms with Gasteiger partial charge in [0.05, 0.1) is 13.2 Å². The molecule has 122 valence electrons. The van der Waals surface area contributed by atoms with E-state index in [9.17, 15) is 4.79 Å². The van der Waals surface area contributed by atoms with E-state index in [1.54, 1.807) is 24.3 Å². The minimum absolute atomic E-state index is 0.0153. The van der Waals surface area contributed by atoms with Crippen LogP contribution in [0.3, 0.4) is 0 Å². The van der Waals surface area contributed by atoms with Crippen LogP contribution in [0.4, 0.5) is 0 Å². The first kappa shape index (κ1) is 17.1. The number of rotatable bonds is 7. The Kier molecular flexibility index (Phi) is 6.06. The van der Waals surface area contributed by atoms with Crippen LogP contribution >= 0.6 is 11.6 Å². The van der Waals surface area contributed by atoms with Gasteiger partial charge in [0.15, 0.2) is 12.4 Å². The molecule has 2 rings (SSSR count). The molecule has 1 aromatic carbocycles. The van der Waals surface area contributed by atoms with Gasteiger partial charge in [-0.15, -0.1) is 0 Å². The highest BCUT2D eigenvalue weighted by Crippen LogP contribution is 2.26. The molecule has 22 heavy (non-hydrogen) atoms. The minimum atomic E-state index is -0.524. The number of amides is 1. The van der Waals surface area contributed by atoms with Crippen molar-refractivity contribution >= 4 is 17.5 Å². The lowest BCUT2D eigenvalue weighted by molar-refractivity contribution is -0.154. The fraction of sp³-hybridized carbons (Fsp3) is 0.562. The highest BCUT2D eigenvalue weighted by atomic mass is 35.5. The van der Waals surface area contributed by atoms with Gasteiger partial charge in [-0.3, -0.25) is 4.79 Å². The number of ether oxygens (including phenoxy) is 3. The first-order valence-corrected chi connectivity index (χ1v) is 7.78. The van der Waals surface area contributed by atoms with Crippen molar-refractivity contribution in [2.24, 2.45) is 5.92 Å². The van der Waals surface area contributed by atoms with E-state index >= 15 is 0 Å². The maximum atomic E-state index is 11.8. The molecule has 0 aromatic heterocycles. The summed E-state index contributed by atoms with van der Waals surface area (Å²) in [7, 11) is 0. The van der Waals surface area contributed by atoms with Crippen molar-refractivity contribution < 1.29 is 19.0 Å². The molecule has 0 radical (unpaired) electrons. The van der Waals surface area contributed by atoms with Gasteiger partial charge < -0.3 is 19.5 Å². The van der Waals surface area contributed by atoms with Crippen molar-refractivity contribution in [3.8, 4) is 5.75 Å². The molecule has 1 saturated heterocycles. The molecule has 0 aliphatic carbocycles. The smallest absolute Gasteiger partial charge is 0.257 e. The SMILES string of the molecule is CC(CNC(=O)COc1ccc(Cl)cc1)CC1(C)OCCO1. The standard InChI is InChI=1S/C16H22ClNO4/c1-12(9-16(2)21-7-8-22-16)10-18-15(19)11-20-14-5-3-13(17)4-6-14/h3-6,12H,7-11H2,1-2H3,(H,18,19). The van der Waals surface area contributed by atoms with Gasteiger partial charge in [0.1, 0.15) is 5.75 Å². The zero-order chi connectivity index (χ0) is 16.0. The molecule has 0 bridgehead atoms. The van der Waals surface area contributed by atoms with Gasteiger partial charge >= 0.3 is 0 Å². The summed E-state index contributed by atoms with van der Waals surface area (Å²) in [6.45, 7) is 5.79. The Morgan fingerprint density at radius 3 is 2.64 bits per heavy atom. The van der Waals surface area contributed by atoms with Gasteiger partial charge in [0.2, 0.25) is 0 Å². The lowest BCUT2D eigenvalue weighted by Gasteiger charge is -2.26. The first-order chi connectivity index (χ1) is 10.5. The van der Waals surface area contributed by atoms with E-state index in [1.807, 2.05) is 6.92 Å². The third-order valence-electron chi connectivity index (χ3n) is 3.45. The summed E-state index contributed by atoms with van der Waals surface area (Å²) in [5, 5.41) is 3.49. The van der Waals surface area contributed by atoms with Crippen LogP contribution in [0.2, 0.25) is 5.02 Å². The summed E-state index contributed by atoms with van der Waals surface area (Å²) in [4.78, 5) is 11.8. The molecule has 1 fully saturated rings. The average Bonchev–Trinajstić information content (AvgIpc) is 2.91. The second kappa shape index (κ2) is 7.81. The topological polar surface area (TPSA) is 56.8 Å². The number of hydrogen-bond acceptors (Lipinski definition) is 4. The third-order valence-corrected chi connectivity index (χ3v) is 3.70. The summed E-state index contributed by atoms with van der Waals surface area (Å²) in [5.41, 5.74) is 0. The van der Waals surface area contributed by atoms with Gasteiger partial charge in [-0.25, -0.2) is 0 Å². The zero-order valence-electron chi connectivity index (χ0n) is 12.9. The molecule has 0 spiro atoms. The van der Waals surface area contributed by atoms with E-state index in [2.05, 4.69) is 12.2 Å². The van der Waals surface area contributed by atoms with Crippen molar-refractivity contribution in [2.75, 3.05) is 26.4 Å². The molecule has 1 amide bonds. The second-order valence-corrected chi connectivity index (χ2v) is 6.12. The molecule has 0 saturated carbocycles. The molecular formula is C16H22ClNO4. The predicted octanol–water partition coefficient (Wildman–Crippen LogP) is 2.62. The van der Waals surface area contributed by atoms with E-state index in [0.717, 1.165) is 6.42 Å². The highest BCUT2D eigenvalue weighted by Gasteiger charge is 2.32. The summed E-state index contributed by atoms with van der Waals surface area (Å²) < 4.78 is 16.5. The summed E-state index contributed by atoms with van der Waals surface area (Å²) in [5.74, 6) is 0.194. The van der Waals surface area contributed by atoms with Crippen LogP contribution in [0, 0.1) is 5.92 Å². The third kappa shape index (κ3) is 5.48. The van der Waals surface area contributed by atoms with E-state index in [1.165, 1.54) is 0 Å². The molecule has 6 heteroatoms. The molecule has 1 heterocycles. The van der Waals surface area contributed by atoms with Crippen molar-refractivity contribution in [1.82, 2.24) is 5.32 Å². The lowest BCUT2D eigenvalue weighted by atomic mass is 10.0. The van der Waals surface area contributed by atoms with Crippen molar-refractivity contribution in [2.45, 2.75) is 26.1 Å². The molecule has 1 aliphatic rings. The van der Waals surface area contributed by atoms with Gasteiger partial charge in [-0.05, 0) is 37.1 Å².